The lowest BCUT2D eigenvalue weighted by molar-refractivity contribution is 0.223. The summed E-state index contributed by atoms with van der Waals surface area (Å²) in [5, 5.41) is 3.57. The van der Waals surface area contributed by atoms with Gasteiger partial charge in [0.05, 0.1) is 0 Å². The molecular formula is C16H25N3. The molecule has 1 aromatic heterocycles. The van der Waals surface area contributed by atoms with Gasteiger partial charge in [0.1, 0.15) is 5.82 Å². The van der Waals surface area contributed by atoms with E-state index in [2.05, 4.69) is 29.3 Å². The fourth-order valence-electron chi connectivity index (χ4n) is 3.33. The molecule has 3 nitrogen and oxygen atoms in total. The zero-order chi connectivity index (χ0) is 13.1. The van der Waals surface area contributed by atoms with Crippen LogP contribution in [0.5, 0.6) is 0 Å². The van der Waals surface area contributed by atoms with E-state index in [1.54, 1.807) is 0 Å². The Bertz CT molecular complexity index is 424. The van der Waals surface area contributed by atoms with Gasteiger partial charge in [-0.2, -0.15) is 0 Å². The number of rotatable bonds is 4. The maximum absolute atomic E-state index is 4.76. The smallest absolute Gasteiger partial charge is 0.126 e. The minimum atomic E-state index is 0.477. The number of hydrogen-bond acceptors (Lipinski definition) is 3. The maximum Gasteiger partial charge on any atom is 0.126 e. The standard InChI is InChI=1S/C16H25N3/c1-13(12-19-10-3-2-4-11-19)17-16-9-8-14-6-5-7-15(14)18-16/h8-9,13H,2-7,10-12H2,1H3,(H,17,18). The minimum Gasteiger partial charge on any atom is -0.366 e. The van der Waals surface area contributed by atoms with Crippen LogP contribution >= 0.6 is 0 Å². The van der Waals surface area contributed by atoms with Crippen LogP contribution in [0.3, 0.4) is 0 Å². The van der Waals surface area contributed by atoms with E-state index in [1.807, 2.05) is 0 Å². The predicted octanol–water partition coefficient (Wildman–Crippen LogP) is 2.86. The molecule has 1 unspecified atom stereocenters. The van der Waals surface area contributed by atoms with E-state index in [9.17, 15) is 0 Å². The maximum atomic E-state index is 4.76. The minimum absolute atomic E-state index is 0.477. The lowest BCUT2D eigenvalue weighted by Gasteiger charge is -2.29. The first-order chi connectivity index (χ1) is 9.31. The number of nitrogens with zero attached hydrogens (tertiary/aromatic N) is 2. The Labute approximate surface area is 116 Å². The number of nitrogens with one attached hydrogen (secondary N) is 1. The largest absolute Gasteiger partial charge is 0.366 e. The molecule has 104 valence electrons. The van der Waals surface area contributed by atoms with Crippen molar-refractivity contribution in [1.29, 1.82) is 0 Å². The molecule has 0 amide bonds. The second-order valence-electron chi connectivity index (χ2n) is 6.06. The van der Waals surface area contributed by atoms with E-state index in [4.69, 9.17) is 4.98 Å². The summed E-state index contributed by atoms with van der Waals surface area (Å²) >= 11 is 0. The Morgan fingerprint density at radius 3 is 2.84 bits per heavy atom. The van der Waals surface area contributed by atoms with Crippen molar-refractivity contribution in [3.05, 3.63) is 23.4 Å². The molecule has 19 heavy (non-hydrogen) atoms. The van der Waals surface area contributed by atoms with Crippen molar-refractivity contribution in [3.63, 3.8) is 0 Å². The molecule has 1 aliphatic carbocycles. The average molecular weight is 259 g/mol. The van der Waals surface area contributed by atoms with Crippen molar-refractivity contribution in [3.8, 4) is 0 Å². The van der Waals surface area contributed by atoms with Crippen LogP contribution in [0.1, 0.15) is 43.9 Å². The molecular weight excluding hydrogens is 234 g/mol. The number of anilines is 1. The first-order valence-corrected chi connectivity index (χ1v) is 7.79. The van der Waals surface area contributed by atoms with E-state index in [0.29, 0.717) is 6.04 Å². The summed E-state index contributed by atoms with van der Waals surface area (Å²) < 4.78 is 0. The van der Waals surface area contributed by atoms with Gasteiger partial charge in [-0.3, -0.25) is 0 Å². The molecule has 2 aliphatic rings. The topological polar surface area (TPSA) is 28.2 Å². The molecule has 1 aromatic rings. The van der Waals surface area contributed by atoms with Crippen molar-refractivity contribution in [2.24, 2.45) is 0 Å². The third kappa shape index (κ3) is 3.27. The van der Waals surface area contributed by atoms with Crippen LogP contribution in [0.4, 0.5) is 5.82 Å². The second-order valence-corrected chi connectivity index (χ2v) is 6.06. The summed E-state index contributed by atoms with van der Waals surface area (Å²) in [4.78, 5) is 7.33. The highest BCUT2D eigenvalue weighted by Gasteiger charge is 2.15. The summed E-state index contributed by atoms with van der Waals surface area (Å²) in [6.45, 7) is 5.94. The molecule has 2 heterocycles. The van der Waals surface area contributed by atoms with E-state index in [1.165, 1.54) is 56.5 Å². The van der Waals surface area contributed by atoms with Crippen LogP contribution < -0.4 is 5.32 Å². The van der Waals surface area contributed by atoms with Crippen LogP contribution in [0, 0.1) is 0 Å². The van der Waals surface area contributed by atoms with Crippen molar-refractivity contribution in [1.82, 2.24) is 9.88 Å². The molecule has 1 fully saturated rings. The van der Waals surface area contributed by atoms with Gasteiger partial charge < -0.3 is 10.2 Å². The first-order valence-electron chi connectivity index (χ1n) is 7.79. The van der Waals surface area contributed by atoms with Gasteiger partial charge in [0.2, 0.25) is 0 Å². The molecule has 0 radical (unpaired) electrons. The summed E-state index contributed by atoms with van der Waals surface area (Å²) in [6, 6.07) is 4.88. The van der Waals surface area contributed by atoms with Gasteiger partial charge in [0.25, 0.3) is 0 Å². The van der Waals surface area contributed by atoms with E-state index >= 15 is 0 Å². The van der Waals surface area contributed by atoms with Crippen molar-refractivity contribution < 1.29 is 0 Å². The van der Waals surface area contributed by atoms with Crippen molar-refractivity contribution in [2.75, 3.05) is 25.0 Å². The number of pyridine rings is 1. The molecule has 1 atom stereocenters. The number of likely N-dealkylation sites (tertiary alicyclic amines) is 1. The second kappa shape index (κ2) is 5.91. The highest BCUT2D eigenvalue weighted by atomic mass is 15.2. The average Bonchev–Trinajstić information content (AvgIpc) is 2.87. The quantitative estimate of drug-likeness (QED) is 0.901. The lowest BCUT2D eigenvalue weighted by Crippen LogP contribution is -2.38. The molecule has 3 heteroatoms. The SMILES string of the molecule is CC(CN1CCCCC1)Nc1ccc2c(n1)CCC2. The van der Waals surface area contributed by atoms with Gasteiger partial charge in [-0.05, 0) is 63.7 Å². The molecule has 3 rings (SSSR count). The fourth-order valence-corrected chi connectivity index (χ4v) is 3.33. The highest BCUT2D eigenvalue weighted by Crippen LogP contribution is 2.22. The molecule has 1 N–H and O–H groups in total. The molecule has 1 aliphatic heterocycles. The zero-order valence-corrected chi connectivity index (χ0v) is 12.0. The van der Waals surface area contributed by atoms with Gasteiger partial charge in [0.15, 0.2) is 0 Å². The Morgan fingerprint density at radius 1 is 1.16 bits per heavy atom. The summed E-state index contributed by atoms with van der Waals surface area (Å²) in [5.74, 6) is 1.06. The van der Waals surface area contributed by atoms with Crippen molar-refractivity contribution >= 4 is 5.82 Å². The summed E-state index contributed by atoms with van der Waals surface area (Å²) in [6.07, 6.45) is 7.78. The molecule has 0 bridgehead atoms. The zero-order valence-electron chi connectivity index (χ0n) is 12.0. The van der Waals surface area contributed by atoms with Gasteiger partial charge in [-0.1, -0.05) is 12.5 Å². The molecule has 0 saturated carbocycles. The monoisotopic (exact) mass is 259 g/mol. The third-order valence-electron chi connectivity index (χ3n) is 4.30. The summed E-state index contributed by atoms with van der Waals surface area (Å²) in [5.41, 5.74) is 2.77. The lowest BCUT2D eigenvalue weighted by atomic mass is 10.1. The number of hydrogen-bond donors (Lipinski definition) is 1. The van der Waals surface area contributed by atoms with Gasteiger partial charge in [-0.15, -0.1) is 0 Å². The van der Waals surface area contributed by atoms with Crippen LogP contribution in [0.2, 0.25) is 0 Å². The summed E-state index contributed by atoms with van der Waals surface area (Å²) in [7, 11) is 0. The number of piperidine rings is 1. The van der Waals surface area contributed by atoms with Crippen molar-refractivity contribution in [2.45, 2.75) is 51.5 Å². The van der Waals surface area contributed by atoms with Gasteiger partial charge in [0, 0.05) is 18.3 Å². The van der Waals surface area contributed by atoms with Gasteiger partial charge >= 0.3 is 0 Å². The number of fused-ring (bicyclic) bond motifs is 1. The predicted molar refractivity (Wildman–Crippen MR) is 79.6 cm³/mol. The third-order valence-corrected chi connectivity index (χ3v) is 4.30. The molecule has 0 spiro atoms. The van der Waals surface area contributed by atoms with E-state index in [0.717, 1.165) is 18.8 Å². The molecule has 1 saturated heterocycles. The Kier molecular flexibility index (Phi) is 4.02. The number of aromatic nitrogens is 1. The normalized spacial score (nSPS) is 21.1. The number of aryl methyl sites for hydroxylation is 2. The van der Waals surface area contributed by atoms with Crippen LogP contribution in [0.15, 0.2) is 12.1 Å². The van der Waals surface area contributed by atoms with E-state index in [-0.39, 0.29) is 0 Å². The molecule has 0 aromatic carbocycles. The van der Waals surface area contributed by atoms with Crippen LogP contribution in [-0.4, -0.2) is 35.6 Å². The van der Waals surface area contributed by atoms with Crippen LogP contribution in [0.25, 0.3) is 0 Å². The highest BCUT2D eigenvalue weighted by molar-refractivity contribution is 5.41. The van der Waals surface area contributed by atoms with Crippen LogP contribution in [-0.2, 0) is 12.8 Å². The Hall–Kier alpha value is -1.09. The van der Waals surface area contributed by atoms with E-state index < -0.39 is 0 Å². The first kappa shape index (κ1) is 12.9. The van der Waals surface area contributed by atoms with Gasteiger partial charge in [-0.25, -0.2) is 4.98 Å². The Balaban J connectivity index is 1.55. The Morgan fingerprint density at radius 2 is 2.00 bits per heavy atom. The fraction of sp³-hybridized carbons (Fsp3) is 0.688.